The molecule has 0 aliphatic heterocycles. The minimum Gasteiger partial charge on any atom is -0.462 e. The lowest BCUT2D eigenvalue weighted by Crippen LogP contribution is -2.13. The van der Waals surface area contributed by atoms with Crippen LogP contribution in [0.25, 0.3) is 10.8 Å². The number of hydrogen-bond donors (Lipinski definition) is 0. The maximum Gasteiger partial charge on any atom is 0.338 e. The number of hydrogen-bond acceptors (Lipinski definition) is 2. The number of ether oxygens (including phenoxy) is 1. The van der Waals surface area contributed by atoms with E-state index in [0.29, 0.717) is 18.1 Å². The predicted molar refractivity (Wildman–Crippen MR) is 78.3 cm³/mol. The number of fused-ring (bicyclic) bond motifs is 1. The molecule has 0 aliphatic rings. The number of benzene rings is 2. The van der Waals surface area contributed by atoms with Crippen LogP contribution in [-0.2, 0) is 4.74 Å². The predicted octanol–water partition coefficient (Wildman–Crippen LogP) is 4.43. The highest BCUT2D eigenvalue weighted by Gasteiger charge is 2.13. The molecule has 0 radical (unpaired) electrons. The molecule has 0 heterocycles. The van der Waals surface area contributed by atoms with E-state index in [1.807, 2.05) is 42.5 Å². The van der Waals surface area contributed by atoms with Crippen molar-refractivity contribution in [2.24, 2.45) is 5.92 Å². The molecule has 2 aromatic rings. The van der Waals surface area contributed by atoms with E-state index in [2.05, 4.69) is 13.8 Å². The van der Waals surface area contributed by atoms with E-state index in [9.17, 15) is 4.79 Å². The van der Waals surface area contributed by atoms with Crippen molar-refractivity contribution >= 4 is 16.7 Å². The van der Waals surface area contributed by atoms with Crippen LogP contribution in [0.15, 0.2) is 42.5 Å². The molecule has 0 bridgehead atoms. The monoisotopic (exact) mass is 256 g/mol. The van der Waals surface area contributed by atoms with Crippen molar-refractivity contribution in [2.75, 3.05) is 6.61 Å². The number of esters is 1. The summed E-state index contributed by atoms with van der Waals surface area (Å²) in [7, 11) is 0. The van der Waals surface area contributed by atoms with Crippen molar-refractivity contribution in [1.29, 1.82) is 0 Å². The molecule has 0 saturated carbocycles. The topological polar surface area (TPSA) is 26.3 Å². The molecule has 2 nitrogen and oxygen atoms in total. The Hall–Kier alpha value is -1.83. The molecule has 0 unspecified atom stereocenters. The molecule has 0 atom stereocenters. The lowest BCUT2D eigenvalue weighted by atomic mass is 10.0. The first-order valence-corrected chi connectivity index (χ1v) is 6.91. The third kappa shape index (κ3) is 3.14. The van der Waals surface area contributed by atoms with E-state index in [1.54, 1.807) is 0 Å². The highest BCUT2D eigenvalue weighted by Crippen LogP contribution is 2.19. The van der Waals surface area contributed by atoms with Gasteiger partial charge < -0.3 is 4.74 Å². The Bertz CT molecular complexity index is 551. The Morgan fingerprint density at radius 3 is 2.47 bits per heavy atom. The summed E-state index contributed by atoms with van der Waals surface area (Å²) in [5.74, 6) is 0.239. The van der Waals surface area contributed by atoms with E-state index >= 15 is 0 Å². The van der Waals surface area contributed by atoms with Crippen molar-refractivity contribution in [3.63, 3.8) is 0 Å². The van der Waals surface area contributed by atoms with Gasteiger partial charge in [-0.3, -0.25) is 0 Å². The highest BCUT2D eigenvalue weighted by molar-refractivity contribution is 6.04. The lowest BCUT2D eigenvalue weighted by Gasteiger charge is -2.13. The fourth-order valence-electron chi connectivity index (χ4n) is 2.20. The van der Waals surface area contributed by atoms with E-state index in [0.717, 1.165) is 23.6 Å². The van der Waals surface area contributed by atoms with Crippen molar-refractivity contribution in [3.05, 3.63) is 48.0 Å². The van der Waals surface area contributed by atoms with Gasteiger partial charge in [0.25, 0.3) is 0 Å². The van der Waals surface area contributed by atoms with Gasteiger partial charge in [0.1, 0.15) is 0 Å². The van der Waals surface area contributed by atoms with Gasteiger partial charge in [0.05, 0.1) is 12.2 Å². The van der Waals surface area contributed by atoms with Crippen molar-refractivity contribution in [1.82, 2.24) is 0 Å². The number of carbonyl (C=O) groups excluding carboxylic acids is 1. The first-order valence-electron chi connectivity index (χ1n) is 6.91. The lowest BCUT2D eigenvalue weighted by molar-refractivity contribution is 0.0435. The third-order valence-corrected chi connectivity index (χ3v) is 3.61. The molecule has 0 spiro atoms. The average Bonchev–Trinajstić information content (AvgIpc) is 2.47. The van der Waals surface area contributed by atoms with Crippen molar-refractivity contribution in [2.45, 2.75) is 26.7 Å². The summed E-state index contributed by atoms with van der Waals surface area (Å²) in [4.78, 5) is 12.2. The zero-order chi connectivity index (χ0) is 13.7. The molecule has 2 aromatic carbocycles. The van der Waals surface area contributed by atoms with Crippen molar-refractivity contribution < 1.29 is 9.53 Å². The summed E-state index contributed by atoms with van der Waals surface area (Å²) in [6.07, 6.45) is 2.08. The number of rotatable bonds is 5. The largest absolute Gasteiger partial charge is 0.462 e. The molecule has 2 rings (SSSR count). The Labute approximate surface area is 114 Å². The molecular formula is C17H20O2. The molecule has 0 aliphatic carbocycles. The van der Waals surface area contributed by atoms with Gasteiger partial charge in [0, 0.05) is 0 Å². The van der Waals surface area contributed by atoms with Gasteiger partial charge in [-0.2, -0.15) is 0 Å². The third-order valence-electron chi connectivity index (χ3n) is 3.61. The quantitative estimate of drug-likeness (QED) is 0.739. The Morgan fingerprint density at radius 2 is 1.74 bits per heavy atom. The van der Waals surface area contributed by atoms with Gasteiger partial charge >= 0.3 is 5.97 Å². The van der Waals surface area contributed by atoms with E-state index in [4.69, 9.17) is 4.74 Å². The van der Waals surface area contributed by atoms with E-state index in [1.165, 1.54) is 0 Å². The normalized spacial score (nSPS) is 10.9. The summed E-state index contributed by atoms with van der Waals surface area (Å²) in [6, 6.07) is 13.6. The molecule has 2 heteroatoms. The Morgan fingerprint density at radius 1 is 1.05 bits per heavy atom. The smallest absolute Gasteiger partial charge is 0.338 e. The van der Waals surface area contributed by atoms with Crippen molar-refractivity contribution in [3.8, 4) is 0 Å². The minimum absolute atomic E-state index is 0.219. The van der Waals surface area contributed by atoms with Crippen LogP contribution in [0.4, 0.5) is 0 Å². The Balaban J connectivity index is 2.17. The second-order valence-electron chi connectivity index (χ2n) is 4.81. The van der Waals surface area contributed by atoms with Gasteiger partial charge in [-0.25, -0.2) is 4.79 Å². The summed E-state index contributed by atoms with van der Waals surface area (Å²) < 4.78 is 5.44. The summed E-state index contributed by atoms with van der Waals surface area (Å²) >= 11 is 0. The van der Waals surface area contributed by atoms with Crippen LogP contribution in [0.5, 0.6) is 0 Å². The van der Waals surface area contributed by atoms with Crippen LogP contribution in [0.3, 0.4) is 0 Å². The summed E-state index contributed by atoms with van der Waals surface area (Å²) in [5, 5.41) is 2.03. The number of carbonyl (C=O) groups is 1. The first kappa shape index (κ1) is 13.6. The maximum atomic E-state index is 12.2. The van der Waals surface area contributed by atoms with Crippen LogP contribution < -0.4 is 0 Å². The SMILES string of the molecule is CCC(CC)COC(=O)c1cccc2ccccc12. The van der Waals surface area contributed by atoms with Crippen LogP contribution in [-0.4, -0.2) is 12.6 Å². The average molecular weight is 256 g/mol. The van der Waals surface area contributed by atoms with Crippen LogP contribution >= 0.6 is 0 Å². The zero-order valence-electron chi connectivity index (χ0n) is 11.6. The van der Waals surface area contributed by atoms with Gasteiger partial charge in [0.15, 0.2) is 0 Å². The highest BCUT2D eigenvalue weighted by atomic mass is 16.5. The summed E-state index contributed by atoms with van der Waals surface area (Å²) in [5.41, 5.74) is 0.657. The second-order valence-corrected chi connectivity index (χ2v) is 4.81. The maximum absolute atomic E-state index is 12.2. The van der Waals surface area contributed by atoms with E-state index in [-0.39, 0.29) is 5.97 Å². The Kier molecular flexibility index (Phi) is 4.56. The zero-order valence-corrected chi connectivity index (χ0v) is 11.6. The molecule has 0 amide bonds. The van der Waals surface area contributed by atoms with Crippen LogP contribution in [0.1, 0.15) is 37.0 Å². The minimum atomic E-state index is -0.219. The van der Waals surface area contributed by atoms with E-state index < -0.39 is 0 Å². The molecular weight excluding hydrogens is 236 g/mol. The first-order chi connectivity index (χ1) is 9.26. The molecule has 0 saturated heterocycles. The summed E-state index contributed by atoms with van der Waals surface area (Å²) in [6.45, 7) is 4.76. The molecule has 100 valence electrons. The molecule has 0 N–H and O–H groups in total. The van der Waals surface area contributed by atoms with Crippen LogP contribution in [0, 0.1) is 5.92 Å². The fraction of sp³-hybridized carbons (Fsp3) is 0.353. The van der Waals surface area contributed by atoms with Gasteiger partial charge in [0.2, 0.25) is 0 Å². The van der Waals surface area contributed by atoms with Gasteiger partial charge in [-0.1, -0.05) is 63.1 Å². The van der Waals surface area contributed by atoms with Gasteiger partial charge in [-0.05, 0) is 22.8 Å². The van der Waals surface area contributed by atoms with Gasteiger partial charge in [-0.15, -0.1) is 0 Å². The van der Waals surface area contributed by atoms with Crippen LogP contribution in [0.2, 0.25) is 0 Å². The molecule has 0 aromatic heterocycles. The molecule has 0 fully saturated rings. The standard InChI is InChI=1S/C17H20O2/c1-3-13(4-2)12-19-17(18)16-11-7-9-14-8-5-6-10-15(14)16/h5-11,13H,3-4,12H2,1-2H3. The molecule has 19 heavy (non-hydrogen) atoms. The second kappa shape index (κ2) is 6.37. The fourth-order valence-corrected chi connectivity index (χ4v) is 2.20.